The van der Waals surface area contributed by atoms with Crippen LogP contribution in [-0.4, -0.2) is 12.7 Å². The van der Waals surface area contributed by atoms with Crippen LogP contribution >= 0.6 is 0 Å². The Labute approximate surface area is 224 Å². The third-order valence-corrected chi connectivity index (χ3v) is 7.63. The molecule has 1 aliphatic rings. The average molecular weight is 491 g/mol. The third-order valence-electron chi connectivity index (χ3n) is 7.63. The van der Waals surface area contributed by atoms with E-state index in [1.165, 1.54) is 61.2 Å². The molecule has 37 heavy (non-hydrogen) atoms. The van der Waals surface area contributed by atoms with Gasteiger partial charge in [0.05, 0.1) is 6.17 Å². The van der Waals surface area contributed by atoms with Gasteiger partial charge in [-0.05, 0) is 105 Å². The van der Waals surface area contributed by atoms with Gasteiger partial charge < -0.3 is 5.32 Å². The molecule has 0 aromatic heterocycles. The van der Waals surface area contributed by atoms with Crippen molar-refractivity contribution in [2.75, 3.05) is 6.54 Å². The fourth-order valence-electron chi connectivity index (χ4n) is 6.05. The second kappa shape index (κ2) is 11.4. The summed E-state index contributed by atoms with van der Waals surface area (Å²) in [7, 11) is 0. The largest absolute Gasteiger partial charge is 0.372 e. The molecule has 192 valence electrons. The van der Waals surface area contributed by atoms with Crippen LogP contribution in [0.2, 0.25) is 0 Å². The molecule has 0 bridgehead atoms. The highest BCUT2D eigenvalue weighted by Crippen LogP contribution is 2.34. The molecule has 2 unspecified atom stereocenters. The summed E-state index contributed by atoms with van der Waals surface area (Å²) in [4.78, 5) is 0. The van der Waals surface area contributed by atoms with Crippen LogP contribution in [-0.2, 0) is 6.42 Å². The van der Waals surface area contributed by atoms with E-state index in [4.69, 9.17) is 0 Å². The normalized spacial score (nSPS) is 16.9. The van der Waals surface area contributed by atoms with Crippen molar-refractivity contribution in [3.63, 3.8) is 0 Å². The first kappa shape index (κ1) is 26.7. The van der Waals surface area contributed by atoms with E-state index in [-0.39, 0.29) is 12.1 Å². The van der Waals surface area contributed by atoms with E-state index >= 15 is 0 Å². The van der Waals surface area contributed by atoms with E-state index < -0.39 is 0 Å². The SMILES string of the molecule is C=C1CNC(C(C(/C=C\Cc2c(C)cc(C)cc2C)=C/C)c2ccc(-c3c(C)cc(C)cc3C)cc2)N1. The van der Waals surface area contributed by atoms with Crippen LogP contribution in [0.4, 0.5) is 0 Å². The maximum atomic E-state index is 4.16. The van der Waals surface area contributed by atoms with Crippen molar-refractivity contribution in [2.45, 2.75) is 67.0 Å². The lowest BCUT2D eigenvalue weighted by atomic mass is 9.85. The molecule has 3 aromatic carbocycles. The Morgan fingerprint density at radius 1 is 0.892 bits per heavy atom. The van der Waals surface area contributed by atoms with Crippen LogP contribution in [0.15, 0.2) is 84.6 Å². The van der Waals surface area contributed by atoms with Crippen molar-refractivity contribution in [2.24, 2.45) is 0 Å². The molecule has 2 nitrogen and oxygen atoms in total. The Bertz CT molecular complexity index is 1310. The Morgan fingerprint density at radius 3 is 1.97 bits per heavy atom. The number of rotatable bonds is 7. The average Bonchev–Trinajstić information content (AvgIpc) is 3.25. The highest BCUT2D eigenvalue weighted by molar-refractivity contribution is 5.71. The number of hydrogen-bond donors (Lipinski definition) is 2. The van der Waals surface area contributed by atoms with Gasteiger partial charge in [0, 0.05) is 18.2 Å². The lowest BCUT2D eigenvalue weighted by molar-refractivity contribution is 0.501. The van der Waals surface area contributed by atoms with Gasteiger partial charge in [-0.3, -0.25) is 5.32 Å². The Morgan fingerprint density at radius 2 is 1.46 bits per heavy atom. The van der Waals surface area contributed by atoms with E-state index in [1.54, 1.807) is 0 Å². The van der Waals surface area contributed by atoms with Crippen molar-refractivity contribution in [1.82, 2.24) is 10.6 Å². The predicted octanol–water partition coefficient (Wildman–Crippen LogP) is 8.07. The van der Waals surface area contributed by atoms with Gasteiger partial charge in [-0.25, -0.2) is 0 Å². The van der Waals surface area contributed by atoms with Crippen molar-refractivity contribution in [3.05, 3.63) is 129 Å². The highest BCUT2D eigenvalue weighted by atomic mass is 15.2. The van der Waals surface area contributed by atoms with Crippen molar-refractivity contribution < 1.29 is 0 Å². The quantitative estimate of drug-likeness (QED) is 0.327. The maximum Gasteiger partial charge on any atom is 0.0880 e. The first-order valence-electron chi connectivity index (χ1n) is 13.4. The molecule has 2 N–H and O–H groups in total. The summed E-state index contributed by atoms with van der Waals surface area (Å²) in [6, 6.07) is 18.3. The zero-order valence-corrected chi connectivity index (χ0v) is 23.6. The van der Waals surface area contributed by atoms with Crippen LogP contribution in [0.25, 0.3) is 11.1 Å². The standard InChI is InChI=1S/C35H42N2/c1-9-29(11-10-12-32-24(4)17-22(2)18-25(32)5)34(35-36-21-28(8)37-35)31-15-13-30(14-16-31)33-26(6)19-23(3)20-27(33)7/h9-11,13-20,34-37H,8,12,21H2,1-7H3/b11-10-,29-9+. The van der Waals surface area contributed by atoms with Crippen LogP contribution in [0.1, 0.15) is 57.3 Å². The fourth-order valence-corrected chi connectivity index (χ4v) is 6.05. The maximum absolute atomic E-state index is 4.16. The van der Waals surface area contributed by atoms with Gasteiger partial charge in [-0.1, -0.05) is 84.5 Å². The Balaban J connectivity index is 1.65. The minimum absolute atomic E-state index is 0.111. The van der Waals surface area contributed by atoms with E-state index in [2.05, 4.69) is 132 Å². The Kier molecular flexibility index (Phi) is 8.19. The number of benzene rings is 3. The molecule has 1 aliphatic heterocycles. The van der Waals surface area contributed by atoms with Crippen molar-refractivity contribution >= 4 is 0 Å². The van der Waals surface area contributed by atoms with Crippen molar-refractivity contribution in [3.8, 4) is 11.1 Å². The van der Waals surface area contributed by atoms with Crippen LogP contribution in [0, 0.1) is 41.5 Å². The molecular formula is C35H42N2. The number of aryl methyl sites for hydroxylation is 6. The van der Waals surface area contributed by atoms with Gasteiger partial charge >= 0.3 is 0 Å². The second-order valence-electron chi connectivity index (χ2n) is 10.8. The van der Waals surface area contributed by atoms with E-state index in [9.17, 15) is 0 Å². The van der Waals surface area contributed by atoms with Crippen LogP contribution in [0.5, 0.6) is 0 Å². The number of allylic oxidation sites excluding steroid dienone is 3. The van der Waals surface area contributed by atoms with E-state index in [0.717, 1.165) is 18.7 Å². The fraction of sp³-hybridized carbons (Fsp3) is 0.314. The van der Waals surface area contributed by atoms with Crippen LogP contribution in [0.3, 0.4) is 0 Å². The molecular weight excluding hydrogens is 448 g/mol. The highest BCUT2D eigenvalue weighted by Gasteiger charge is 2.29. The molecule has 0 amide bonds. The minimum Gasteiger partial charge on any atom is -0.372 e. The molecule has 0 spiro atoms. The van der Waals surface area contributed by atoms with Gasteiger partial charge in [-0.15, -0.1) is 0 Å². The second-order valence-corrected chi connectivity index (χ2v) is 10.8. The molecule has 1 saturated heterocycles. The minimum atomic E-state index is 0.111. The molecule has 0 saturated carbocycles. The molecule has 2 heteroatoms. The summed E-state index contributed by atoms with van der Waals surface area (Å²) >= 11 is 0. The summed E-state index contributed by atoms with van der Waals surface area (Å²) in [6.45, 7) is 20.3. The summed E-state index contributed by atoms with van der Waals surface area (Å²) < 4.78 is 0. The summed E-state index contributed by atoms with van der Waals surface area (Å²) in [5.74, 6) is 0.176. The van der Waals surface area contributed by atoms with Gasteiger partial charge in [-0.2, -0.15) is 0 Å². The molecule has 0 radical (unpaired) electrons. The van der Waals surface area contributed by atoms with Gasteiger partial charge in [0.2, 0.25) is 0 Å². The summed E-state index contributed by atoms with van der Waals surface area (Å²) in [5, 5.41) is 7.23. The molecule has 2 atom stereocenters. The third kappa shape index (κ3) is 5.97. The lowest BCUT2D eigenvalue weighted by Gasteiger charge is -2.26. The molecule has 0 aliphatic carbocycles. The lowest BCUT2D eigenvalue weighted by Crippen LogP contribution is -2.38. The molecule has 3 aromatic rings. The summed E-state index contributed by atoms with van der Waals surface area (Å²) in [5.41, 5.74) is 15.7. The summed E-state index contributed by atoms with van der Waals surface area (Å²) in [6.07, 6.45) is 7.94. The number of hydrogen-bond acceptors (Lipinski definition) is 2. The van der Waals surface area contributed by atoms with Gasteiger partial charge in [0.15, 0.2) is 0 Å². The Hall–Kier alpha value is -3.36. The zero-order valence-electron chi connectivity index (χ0n) is 23.6. The van der Waals surface area contributed by atoms with Crippen molar-refractivity contribution in [1.29, 1.82) is 0 Å². The first-order valence-corrected chi connectivity index (χ1v) is 13.4. The van der Waals surface area contributed by atoms with Crippen LogP contribution < -0.4 is 10.6 Å². The van der Waals surface area contributed by atoms with Gasteiger partial charge in [0.1, 0.15) is 0 Å². The molecule has 1 fully saturated rings. The molecule has 1 heterocycles. The molecule has 4 rings (SSSR count). The zero-order chi connectivity index (χ0) is 26.7. The first-order chi connectivity index (χ1) is 17.7. The monoisotopic (exact) mass is 490 g/mol. The van der Waals surface area contributed by atoms with Gasteiger partial charge in [0.25, 0.3) is 0 Å². The van der Waals surface area contributed by atoms with E-state index in [0.29, 0.717) is 0 Å². The van der Waals surface area contributed by atoms with E-state index in [1.807, 2.05) is 0 Å². The predicted molar refractivity (Wildman–Crippen MR) is 160 cm³/mol. The smallest absolute Gasteiger partial charge is 0.0880 e. The topological polar surface area (TPSA) is 24.1 Å². The number of nitrogens with one attached hydrogen (secondary N) is 2.